The van der Waals surface area contributed by atoms with Gasteiger partial charge in [-0.15, -0.1) is 0 Å². The molecule has 0 spiro atoms. The van der Waals surface area contributed by atoms with Gasteiger partial charge in [-0.25, -0.2) is 0 Å². The van der Waals surface area contributed by atoms with Crippen molar-refractivity contribution in [3.63, 3.8) is 0 Å². The van der Waals surface area contributed by atoms with Crippen molar-refractivity contribution in [1.29, 1.82) is 10.5 Å². The van der Waals surface area contributed by atoms with Crippen molar-refractivity contribution in [1.82, 2.24) is 0 Å². The Labute approximate surface area is 119 Å². The monoisotopic (exact) mass is 300 g/mol. The van der Waals surface area contributed by atoms with Crippen LogP contribution >= 0.6 is 34.8 Å². The Balaban J connectivity index is 3.35. The van der Waals surface area contributed by atoms with Crippen LogP contribution in [0.2, 0.25) is 15.1 Å². The molecule has 92 valence electrons. The molecule has 0 bridgehead atoms. The molecule has 6 heteroatoms. The van der Waals surface area contributed by atoms with Gasteiger partial charge in [-0.2, -0.15) is 10.5 Å². The van der Waals surface area contributed by atoms with E-state index in [1.807, 2.05) is 12.1 Å². The maximum absolute atomic E-state index is 10.9. The maximum atomic E-state index is 10.9. The predicted molar refractivity (Wildman–Crippen MR) is 69.6 cm³/mol. The summed E-state index contributed by atoms with van der Waals surface area (Å²) in [5.74, 6) is -1.60. The minimum Gasteiger partial charge on any atom is -0.302 e. The summed E-state index contributed by atoms with van der Waals surface area (Å²) in [5, 5.41) is 18.5. The zero-order chi connectivity index (χ0) is 13.7. The minimum absolute atomic E-state index is 0.0205. The van der Waals surface area contributed by atoms with Gasteiger partial charge in [-0.1, -0.05) is 34.8 Å². The van der Waals surface area contributed by atoms with Crippen molar-refractivity contribution in [2.45, 2.75) is 12.3 Å². The summed E-state index contributed by atoms with van der Waals surface area (Å²) in [6.45, 7) is 0. The SMILES string of the molecule is N#CCC(c1cc(Cl)cc(Cl)c1Cl)C(C#N)C=O. The molecular weight excluding hydrogens is 295 g/mol. The van der Waals surface area contributed by atoms with Gasteiger partial charge in [0.05, 0.1) is 22.2 Å². The van der Waals surface area contributed by atoms with Crippen LogP contribution in [-0.2, 0) is 4.79 Å². The molecule has 18 heavy (non-hydrogen) atoms. The molecular formula is C12H7Cl3N2O. The average Bonchev–Trinajstić information content (AvgIpc) is 2.34. The molecule has 0 N–H and O–H groups in total. The van der Waals surface area contributed by atoms with Crippen LogP contribution in [0.5, 0.6) is 0 Å². The van der Waals surface area contributed by atoms with Crippen LogP contribution in [0.25, 0.3) is 0 Å². The fourth-order valence-electron chi connectivity index (χ4n) is 1.59. The topological polar surface area (TPSA) is 64.7 Å². The number of nitrogens with zero attached hydrogens (tertiary/aromatic N) is 2. The van der Waals surface area contributed by atoms with Crippen LogP contribution < -0.4 is 0 Å². The molecule has 0 aliphatic carbocycles. The molecule has 2 unspecified atom stereocenters. The molecule has 1 aromatic rings. The second kappa shape index (κ2) is 6.61. The lowest BCUT2D eigenvalue weighted by molar-refractivity contribution is -0.110. The first-order valence-electron chi connectivity index (χ1n) is 4.91. The Bertz CT molecular complexity index is 545. The third-order valence-corrected chi connectivity index (χ3v) is 3.50. The van der Waals surface area contributed by atoms with Gasteiger partial charge in [0.15, 0.2) is 0 Å². The Kier molecular flexibility index (Phi) is 5.44. The van der Waals surface area contributed by atoms with Crippen molar-refractivity contribution in [2.24, 2.45) is 5.92 Å². The van der Waals surface area contributed by atoms with Crippen molar-refractivity contribution >= 4 is 41.1 Å². The van der Waals surface area contributed by atoms with Crippen molar-refractivity contribution in [3.8, 4) is 12.1 Å². The predicted octanol–water partition coefficient (Wildman–Crippen LogP) is 3.98. The first-order chi connectivity index (χ1) is 8.54. The molecule has 0 fully saturated rings. The summed E-state index contributed by atoms with van der Waals surface area (Å²) < 4.78 is 0. The summed E-state index contributed by atoms with van der Waals surface area (Å²) in [6, 6.07) is 6.74. The number of nitriles is 2. The molecule has 0 amide bonds. The highest BCUT2D eigenvalue weighted by atomic mass is 35.5. The Hall–Kier alpha value is -1.26. The second-order valence-corrected chi connectivity index (χ2v) is 4.77. The van der Waals surface area contributed by atoms with Crippen molar-refractivity contribution in [3.05, 3.63) is 32.8 Å². The molecule has 3 nitrogen and oxygen atoms in total. The highest BCUT2D eigenvalue weighted by molar-refractivity contribution is 6.43. The average molecular weight is 302 g/mol. The normalized spacial score (nSPS) is 13.2. The van der Waals surface area contributed by atoms with Crippen molar-refractivity contribution in [2.75, 3.05) is 0 Å². The number of carbonyl (C=O) groups is 1. The molecule has 0 aromatic heterocycles. The van der Waals surface area contributed by atoms with E-state index in [-0.39, 0.29) is 16.5 Å². The van der Waals surface area contributed by atoms with Gasteiger partial charge >= 0.3 is 0 Å². The van der Waals surface area contributed by atoms with E-state index in [0.717, 1.165) is 0 Å². The number of halogens is 3. The summed E-state index contributed by atoms with van der Waals surface area (Å²) in [4.78, 5) is 10.9. The van der Waals surface area contributed by atoms with Gasteiger partial charge in [-0.3, -0.25) is 0 Å². The lowest BCUT2D eigenvalue weighted by Gasteiger charge is -2.17. The number of hydrogen-bond donors (Lipinski definition) is 0. The molecule has 1 aromatic carbocycles. The van der Waals surface area contributed by atoms with Crippen LogP contribution in [-0.4, -0.2) is 6.29 Å². The highest BCUT2D eigenvalue weighted by Crippen LogP contribution is 2.38. The van der Waals surface area contributed by atoms with Crippen LogP contribution in [0.15, 0.2) is 12.1 Å². The van der Waals surface area contributed by atoms with Gasteiger partial charge in [0.2, 0.25) is 0 Å². The van der Waals surface area contributed by atoms with Crippen LogP contribution in [0.4, 0.5) is 0 Å². The summed E-state index contributed by atoms with van der Waals surface area (Å²) in [5.41, 5.74) is 0.439. The lowest BCUT2D eigenvalue weighted by atomic mass is 9.85. The number of rotatable bonds is 4. The third-order valence-electron chi connectivity index (χ3n) is 2.46. The minimum atomic E-state index is -0.961. The second-order valence-electron chi connectivity index (χ2n) is 3.55. The molecule has 1 rings (SSSR count). The zero-order valence-corrected chi connectivity index (χ0v) is 11.3. The standard InChI is InChI=1S/C12H7Cl3N2O/c13-8-3-10(12(15)11(14)4-8)9(1-2-16)7(5-17)6-18/h3-4,6-7,9H,1H2. The number of benzene rings is 1. The molecule has 2 atom stereocenters. The molecule has 0 heterocycles. The van der Waals surface area contributed by atoms with E-state index in [9.17, 15) is 4.79 Å². The van der Waals surface area contributed by atoms with Gasteiger partial charge < -0.3 is 4.79 Å². The third kappa shape index (κ3) is 3.15. The van der Waals surface area contributed by atoms with Gasteiger partial charge in [0.1, 0.15) is 12.2 Å². The largest absolute Gasteiger partial charge is 0.302 e. The number of hydrogen-bond acceptors (Lipinski definition) is 3. The molecule has 0 aliphatic rings. The van der Waals surface area contributed by atoms with E-state index in [1.54, 1.807) is 0 Å². The fraction of sp³-hybridized carbons (Fsp3) is 0.250. The first-order valence-corrected chi connectivity index (χ1v) is 6.04. The maximum Gasteiger partial charge on any atom is 0.137 e. The molecule has 0 radical (unpaired) electrons. The van der Waals surface area contributed by atoms with Crippen LogP contribution in [0.1, 0.15) is 17.9 Å². The highest BCUT2D eigenvalue weighted by Gasteiger charge is 2.26. The van der Waals surface area contributed by atoms with Crippen LogP contribution in [0, 0.1) is 28.6 Å². The first kappa shape index (κ1) is 14.8. The molecule has 0 aliphatic heterocycles. The van der Waals surface area contributed by atoms with E-state index in [0.29, 0.717) is 16.9 Å². The zero-order valence-electron chi connectivity index (χ0n) is 9.03. The quantitative estimate of drug-likeness (QED) is 0.624. The van der Waals surface area contributed by atoms with Crippen LogP contribution in [0.3, 0.4) is 0 Å². The fourth-order valence-corrected chi connectivity index (χ4v) is 2.35. The van der Waals surface area contributed by atoms with E-state index >= 15 is 0 Å². The Morgan fingerprint density at radius 2 is 1.94 bits per heavy atom. The van der Waals surface area contributed by atoms with Crippen molar-refractivity contribution < 1.29 is 4.79 Å². The van der Waals surface area contributed by atoms with E-state index in [1.165, 1.54) is 12.1 Å². The van der Waals surface area contributed by atoms with E-state index in [2.05, 4.69) is 0 Å². The smallest absolute Gasteiger partial charge is 0.137 e. The number of aldehydes is 1. The van der Waals surface area contributed by atoms with Gasteiger partial charge in [-0.05, 0) is 17.7 Å². The summed E-state index contributed by atoms with van der Waals surface area (Å²) in [6.07, 6.45) is 0.473. The van der Waals surface area contributed by atoms with Gasteiger partial charge in [0, 0.05) is 17.4 Å². The summed E-state index contributed by atoms with van der Waals surface area (Å²) in [7, 11) is 0. The van der Waals surface area contributed by atoms with Gasteiger partial charge in [0.25, 0.3) is 0 Å². The number of carbonyl (C=O) groups excluding carboxylic acids is 1. The molecule has 0 saturated heterocycles. The Morgan fingerprint density at radius 1 is 1.28 bits per heavy atom. The van der Waals surface area contributed by atoms with E-state index < -0.39 is 11.8 Å². The summed E-state index contributed by atoms with van der Waals surface area (Å²) >= 11 is 17.8. The van der Waals surface area contributed by atoms with E-state index in [4.69, 9.17) is 45.3 Å². The lowest BCUT2D eigenvalue weighted by Crippen LogP contribution is -2.13. The molecule has 0 saturated carbocycles. The Morgan fingerprint density at radius 3 is 2.44 bits per heavy atom.